The van der Waals surface area contributed by atoms with Crippen LogP contribution in [-0.4, -0.2) is 24.0 Å². The van der Waals surface area contributed by atoms with Gasteiger partial charge in [0.2, 0.25) is 0 Å². The first-order valence-corrected chi connectivity index (χ1v) is 10.2. The van der Waals surface area contributed by atoms with E-state index in [1.165, 1.54) is 12.8 Å². The van der Waals surface area contributed by atoms with Crippen LogP contribution in [0.15, 0.2) is 59.5 Å². The van der Waals surface area contributed by atoms with E-state index >= 15 is 0 Å². The number of ketones is 1. The van der Waals surface area contributed by atoms with Crippen molar-refractivity contribution in [2.75, 3.05) is 7.11 Å². The Kier molecular flexibility index (Phi) is 5.70. The molecule has 0 bridgehead atoms. The van der Waals surface area contributed by atoms with E-state index in [1.54, 1.807) is 31.5 Å². The third-order valence-corrected chi connectivity index (χ3v) is 5.52. The number of carbonyl (C=O) groups is 1. The van der Waals surface area contributed by atoms with Crippen molar-refractivity contribution in [2.45, 2.75) is 38.7 Å². The molecule has 1 fully saturated rings. The van der Waals surface area contributed by atoms with Crippen molar-refractivity contribution in [1.29, 1.82) is 0 Å². The van der Waals surface area contributed by atoms with Crippen LogP contribution in [0.1, 0.15) is 47.2 Å². The number of hydrogen-bond acceptors (Lipinski definition) is 4. The Labute approximate surface area is 175 Å². The van der Waals surface area contributed by atoms with Gasteiger partial charge in [0.25, 0.3) is 5.56 Å². The van der Waals surface area contributed by atoms with Crippen LogP contribution in [0.5, 0.6) is 11.5 Å². The molecule has 0 spiro atoms. The molecule has 1 N–H and O–H groups in total. The van der Waals surface area contributed by atoms with E-state index in [0.717, 1.165) is 29.5 Å². The van der Waals surface area contributed by atoms with Gasteiger partial charge in [-0.3, -0.25) is 9.59 Å². The molecule has 5 nitrogen and oxygen atoms in total. The first-order valence-electron chi connectivity index (χ1n) is 10.2. The largest absolute Gasteiger partial charge is 0.493 e. The maximum Gasteiger partial charge on any atom is 0.259 e. The van der Waals surface area contributed by atoms with E-state index < -0.39 is 5.56 Å². The van der Waals surface area contributed by atoms with Crippen molar-refractivity contribution in [1.82, 2.24) is 4.98 Å². The summed E-state index contributed by atoms with van der Waals surface area (Å²) in [5.41, 5.74) is 2.77. The van der Waals surface area contributed by atoms with Gasteiger partial charge in [0.15, 0.2) is 17.3 Å². The second kappa shape index (κ2) is 8.57. The number of nitrogens with one attached hydrogen (secondary N) is 1. The third kappa shape index (κ3) is 4.15. The van der Waals surface area contributed by atoms with Gasteiger partial charge < -0.3 is 14.5 Å². The molecule has 0 radical (unpaired) electrons. The number of aryl methyl sites for hydroxylation is 1. The fourth-order valence-corrected chi connectivity index (χ4v) is 3.90. The molecule has 1 saturated carbocycles. The van der Waals surface area contributed by atoms with E-state index in [2.05, 4.69) is 4.98 Å². The zero-order chi connectivity index (χ0) is 21.1. The monoisotopic (exact) mass is 403 g/mol. The minimum Gasteiger partial charge on any atom is -0.493 e. The van der Waals surface area contributed by atoms with Gasteiger partial charge in [0.1, 0.15) is 0 Å². The Morgan fingerprint density at radius 1 is 1.00 bits per heavy atom. The van der Waals surface area contributed by atoms with Gasteiger partial charge in [-0.05, 0) is 68.0 Å². The molecule has 0 aliphatic heterocycles. The lowest BCUT2D eigenvalue weighted by molar-refractivity contribution is 0.103. The van der Waals surface area contributed by atoms with Gasteiger partial charge in [-0.25, -0.2) is 0 Å². The van der Waals surface area contributed by atoms with Gasteiger partial charge in [-0.2, -0.15) is 0 Å². The number of aromatic nitrogens is 1. The highest BCUT2D eigenvalue weighted by atomic mass is 16.5. The predicted molar refractivity (Wildman–Crippen MR) is 117 cm³/mol. The lowest BCUT2D eigenvalue weighted by atomic mass is 9.99. The number of pyridine rings is 1. The molecular formula is C25H25NO4. The number of aromatic amines is 1. The van der Waals surface area contributed by atoms with Crippen LogP contribution in [-0.2, 0) is 0 Å². The van der Waals surface area contributed by atoms with Crippen LogP contribution >= 0.6 is 0 Å². The van der Waals surface area contributed by atoms with Crippen molar-refractivity contribution in [2.24, 2.45) is 0 Å². The topological polar surface area (TPSA) is 68.4 Å². The number of rotatable bonds is 6. The first-order chi connectivity index (χ1) is 14.5. The summed E-state index contributed by atoms with van der Waals surface area (Å²) in [5, 5.41) is 0. The zero-order valence-electron chi connectivity index (χ0n) is 17.2. The fraction of sp³-hybridized carbons (Fsp3) is 0.280. The van der Waals surface area contributed by atoms with Crippen LogP contribution < -0.4 is 15.0 Å². The molecule has 5 heteroatoms. The zero-order valence-corrected chi connectivity index (χ0v) is 17.2. The standard InChI is InChI=1S/C25H25NO4/c1-16-6-5-7-18(12-16)24(27)21-13-19(15-26-25(21)28)17-10-11-22(29-2)23(14-17)30-20-8-3-4-9-20/h5-7,10-15,20H,3-4,8-9H2,1-2H3,(H,26,28). The lowest BCUT2D eigenvalue weighted by Gasteiger charge is -2.17. The molecule has 1 aliphatic rings. The lowest BCUT2D eigenvalue weighted by Crippen LogP contribution is -2.18. The van der Waals surface area contributed by atoms with Crippen LogP contribution in [0, 0.1) is 6.92 Å². The summed E-state index contributed by atoms with van der Waals surface area (Å²) < 4.78 is 11.6. The molecule has 1 aliphatic carbocycles. The highest BCUT2D eigenvalue weighted by molar-refractivity contribution is 6.09. The van der Waals surface area contributed by atoms with Gasteiger partial charge in [-0.1, -0.05) is 29.8 Å². The Morgan fingerprint density at radius 3 is 2.53 bits per heavy atom. The normalized spacial score (nSPS) is 13.9. The summed E-state index contributed by atoms with van der Waals surface area (Å²) in [5.74, 6) is 1.06. The van der Waals surface area contributed by atoms with Crippen molar-refractivity contribution < 1.29 is 14.3 Å². The number of benzene rings is 2. The highest BCUT2D eigenvalue weighted by Crippen LogP contribution is 2.35. The average molecular weight is 403 g/mol. The van der Waals surface area contributed by atoms with Crippen LogP contribution in [0.4, 0.5) is 0 Å². The van der Waals surface area contributed by atoms with Crippen LogP contribution in [0.2, 0.25) is 0 Å². The van der Waals surface area contributed by atoms with Gasteiger partial charge in [0, 0.05) is 11.8 Å². The van der Waals surface area contributed by atoms with Crippen molar-refractivity contribution >= 4 is 5.78 Å². The van der Waals surface area contributed by atoms with Crippen molar-refractivity contribution in [3.8, 4) is 22.6 Å². The molecule has 4 rings (SSSR count). The third-order valence-electron chi connectivity index (χ3n) is 5.52. The SMILES string of the molecule is COc1ccc(-c2c[nH]c(=O)c(C(=O)c3cccc(C)c3)c2)cc1OC1CCCC1. The van der Waals surface area contributed by atoms with E-state index in [9.17, 15) is 9.59 Å². The van der Waals surface area contributed by atoms with Gasteiger partial charge in [0.05, 0.1) is 18.8 Å². The molecule has 0 atom stereocenters. The second-order valence-corrected chi connectivity index (χ2v) is 7.72. The van der Waals surface area contributed by atoms with Crippen molar-refractivity contribution in [3.63, 3.8) is 0 Å². The predicted octanol–water partition coefficient (Wildman–Crippen LogP) is 4.91. The maximum atomic E-state index is 12.9. The number of carbonyl (C=O) groups excluding carboxylic acids is 1. The molecule has 0 saturated heterocycles. The van der Waals surface area contributed by atoms with Gasteiger partial charge >= 0.3 is 0 Å². The highest BCUT2D eigenvalue weighted by Gasteiger charge is 2.20. The number of H-pyrrole nitrogens is 1. The average Bonchev–Trinajstić information content (AvgIpc) is 3.27. The summed E-state index contributed by atoms with van der Waals surface area (Å²) in [4.78, 5) is 28.0. The van der Waals surface area contributed by atoms with Crippen molar-refractivity contribution in [3.05, 3.63) is 81.8 Å². The molecular weight excluding hydrogens is 378 g/mol. The smallest absolute Gasteiger partial charge is 0.259 e. The van der Waals surface area contributed by atoms with Crippen LogP contribution in [0.3, 0.4) is 0 Å². The molecule has 0 amide bonds. The summed E-state index contributed by atoms with van der Waals surface area (Å²) in [7, 11) is 1.62. The number of ether oxygens (including phenoxy) is 2. The van der Waals surface area contributed by atoms with E-state index in [0.29, 0.717) is 17.1 Å². The minimum atomic E-state index is -0.402. The Bertz CT molecular complexity index is 1130. The Hall–Kier alpha value is -3.34. The van der Waals surface area contributed by atoms with E-state index in [-0.39, 0.29) is 17.5 Å². The Balaban J connectivity index is 1.70. The quantitative estimate of drug-likeness (QED) is 0.594. The summed E-state index contributed by atoms with van der Waals surface area (Å²) in [6.07, 6.45) is 6.26. The van der Waals surface area contributed by atoms with Crippen LogP contribution in [0.25, 0.3) is 11.1 Å². The number of hydrogen-bond donors (Lipinski definition) is 1. The Morgan fingerprint density at radius 2 is 1.80 bits per heavy atom. The summed E-state index contributed by atoms with van der Waals surface area (Å²) >= 11 is 0. The van der Waals surface area contributed by atoms with E-state index in [4.69, 9.17) is 9.47 Å². The van der Waals surface area contributed by atoms with Gasteiger partial charge in [-0.15, -0.1) is 0 Å². The molecule has 154 valence electrons. The molecule has 30 heavy (non-hydrogen) atoms. The first kappa shape index (κ1) is 20.0. The van der Waals surface area contributed by atoms with E-state index in [1.807, 2.05) is 37.3 Å². The summed E-state index contributed by atoms with van der Waals surface area (Å²) in [6.45, 7) is 1.92. The molecule has 0 unspecified atom stereocenters. The molecule has 1 heterocycles. The second-order valence-electron chi connectivity index (χ2n) is 7.72. The fourth-order valence-electron chi connectivity index (χ4n) is 3.90. The summed E-state index contributed by atoms with van der Waals surface area (Å²) in [6, 6.07) is 14.5. The molecule has 2 aromatic carbocycles. The molecule has 1 aromatic heterocycles. The maximum absolute atomic E-state index is 12.9. The number of methoxy groups -OCH3 is 1. The molecule has 3 aromatic rings. The minimum absolute atomic E-state index is 0.118.